The van der Waals surface area contributed by atoms with E-state index in [2.05, 4.69) is 35.9 Å². The first-order valence-electron chi connectivity index (χ1n) is 10.3. The standard InChI is InChI=1S/C19H21N9O4S2/c20-19-23-13-3-1-10(9-14(13)24-19)12-2-4-15(33(29,30)11-5-7-22-8-6-11)17(34(21,31)32)16(12)18-25-27-28-26-18/h1-4,9,11,22H,5-8H2,(H3,20,23,24)(H2,21,31,32)(H,25,26,27,28). The van der Waals surface area contributed by atoms with Gasteiger partial charge in [0.25, 0.3) is 0 Å². The van der Waals surface area contributed by atoms with Gasteiger partial charge in [-0.3, -0.25) is 0 Å². The van der Waals surface area contributed by atoms with Crippen LogP contribution in [-0.4, -0.2) is 65.8 Å². The van der Waals surface area contributed by atoms with Gasteiger partial charge in [-0.15, -0.1) is 10.2 Å². The third kappa shape index (κ3) is 3.81. The maximum Gasteiger partial charge on any atom is 0.240 e. The van der Waals surface area contributed by atoms with Crippen molar-refractivity contribution in [2.24, 2.45) is 5.14 Å². The number of sulfonamides is 1. The maximum atomic E-state index is 13.6. The van der Waals surface area contributed by atoms with Crippen molar-refractivity contribution in [3.63, 3.8) is 0 Å². The molecule has 7 N–H and O–H groups in total. The molecule has 2 aromatic carbocycles. The molecule has 0 bridgehead atoms. The van der Waals surface area contributed by atoms with E-state index in [0.717, 1.165) is 0 Å². The van der Waals surface area contributed by atoms with Gasteiger partial charge < -0.3 is 16.0 Å². The van der Waals surface area contributed by atoms with E-state index in [1.807, 2.05) is 0 Å². The van der Waals surface area contributed by atoms with E-state index in [9.17, 15) is 16.8 Å². The quantitative estimate of drug-likeness (QED) is 0.248. The Bertz CT molecular complexity index is 1590. The summed E-state index contributed by atoms with van der Waals surface area (Å²) < 4.78 is 52.9. The first-order chi connectivity index (χ1) is 16.2. The summed E-state index contributed by atoms with van der Waals surface area (Å²) in [5, 5.41) is 21.7. The van der Waals surface area contributed by atoms with Crippen LogP contribution >= 0.6 is 0 Å². The number of H-pyrrole nitrogens is 2. The molecule has 1 aliphatic rings. The fourth-order valence-electron chi connectivity index (χ4n) is 4.28. The molecule has 4 aromatic rings. The van der Waals surface area contributed by atoms with Crippen molar-refractivity contribution < 1.29 is 16.8 Å². The molecule has 13 nitrogen and oxygen atoms in total. The lowest BCUT2D eigenvalue weighted by atomic mass is 9.98. The zero-order valence-electron chi connectivity index (χ0n) is 17.7. The molecule has 0 atom stereocenters. The lowest BCUT2D eigenvalue weighted by molar-refractivity contribution is 0.495. The van der Waals surface area contributed by atoms with E-state index in [1.54, 1.807) is 18.2 Å². The van der Waals surface area contributed by atoms with Crippen LogP contribution in [0.15, 0.2) is 40.1 Å². The predicted molar refractivity (Wildman–Crippen MR) is 124 cm³/mol. The van der Waals surface area contributed by atoms with Crippen molar-refractivity contribution in [3.8, 4) is 22.5 Å². The molecule has 2 aromatic heterocycles. The van der Waals surface area contributed by atoms with Gasteiger partial charge >= 0.3 is 0 Å². The first kappa shape index (κ1) is 22.4. The van der Waals surface area contributed by atoms with Crippen LogP contribution in [0.25, 0.3) is 33.5 Å². The Balaban J connectivity index is 1.82. The van der Waals surface area contributed by atoms with Gasteiger partial charge in [0.1, 0.15) is 4.90 Å². The number of hydrogen-bond donors (Lipinski definition) is 5. The first-order valence-corrected chi connectivity index (χ1v) is 13.4. The van der Waals surface area contributed by atoms with Crippen molar-refractivity contribution in [1.82, 2.24) is 35.9 Å². The fraction of sp³-hybridized carbons (Fsp3) is 0.263. The average molecular weight is 504 g/mol. The lowest BCUT2D eigenvalue weighted by Crippen LogP contribution is -2.36. The van der Waals surface area contributed by atoms with Gasteiger partial charge in [-0.25, -0.2) is 27.0 Å². The normalized spacial score (nSPS) is 15.7. The molecule has 0 saturated carbocycles. The van der Waals surface area contributed by atoms with E-state index < -0.39 is 30.0 Å². The zero-order chi connectivity index (χ0) is 24.1. The van der Waals surface area contributed by atoms with Gasteiger partial charge in [-0.05, 0) is 60.5 Å². The smallest absolute Gasteiger partial charge is 0.240 e. The summed E-state index contributed by atoms with van der Waals surface area (Å²) in [6.07, 6.45) is 0.702. The number of fused-ring (bicyclic) bond motifs is 1. The van der Waals surface area contributed by atoms with Crippen molar-refractivity contribution in [2.75, 3.05) is 18.8 Å². The number of aromatic amines is 2. The van der Waals surface area contributed by atoms with Crippen LogP contribution in [0.3, 0.4) is 0 Å². The molecule has 1 saturated heterocycles. The molecule has 34 heavy (non-hydrogen) atoms. The van der Waals surface area contributed by atoms with Gasteiger partial charge in [0.2, 0.25) is 15.8 Å². The minimum atomic E-state index is -4.54. The second kappa shape index (κ2) is 8.12. The lowest BCUT2D eigenvalue weighted by Gasteiger charge is -2.24. The van der Waals surface area contributed by atoms with Crippen molar-refractivity contribution in [3.05, 3.63) is 30.3 Å². The summed E-state index contributed by atoms with van der Waals surface area (Å²) in [4.78, 5) is 6.14. The summed E-state index contributed by atoms with van der Waals surface area (Å²) in [6.45, 7) is 1.02. The molecule has 15 heteroatoms. The fourth-order valence-corrected chi connectivity index (χ4v) is 7.65. The van der Waals surface area contributed by atoms with Gasteiger partial charge in [0.15, 0.2) is 15.8 Å². The van der Waals surface area contributed by atoms with Gasteiger partial charge in [0, 0.05) is 0 Å². The van der Waals surface area contributed by atoms with E-state index in [1.165, 1.54) is 12.1 Å². The number of nitrogens with two attached hydrogens (primary N) is 2. The molecular formula is C19H21N9O4S2. The van der Waals surface area contributed by atoms with Gasteiger partial charge in [-0.1, -0.05) is 12.1 Å². The number of primary sulfonamides is 1. The SMILES string of the molecule is Nc1nc2ccc(-c3ccc(S(=O)(=O)C4CCNCC4)c(S(N)(=O)=O)c3-c3nn[nH]n3)cc2[nH]1. The molecule has 0 amide bonds. The van der Waals surface area contributed by atoms with Crippen LogP contribution in [0.1, 0.15) is 12.8 Å². The molecule has 0 aliphatic carbocycles. The molecule has 1 fully saturated rings. The molecule has 5 rings (SSSR count). The molecular weight excluding hydrogens is 482 g/mol. The summed E-state index contributed by atoms with van der Waals surface area (Å²) >= 11 is 0. The highest BCUT2D eigenvalue weighted by atomic mass is 32.2. The highest BCUT2D eigenvalue weighted by Gasteiger charge is 2.36. The van der Waals surface area contributed by atoms with E-state index >= 15 is 0 Å². The molecule has 1 aliphatic heterocycles. The third-order valence-electron chi connectivity index (χ3n) is 5.82. The number of tetrazole rings is 1. The van der Waals surface area contributed by atoms with Crippen LogP contribution in [0.4, 0.5) is 5.95 Å². The Hall–Kier alpha value is -3.40. The highest BCUT2D eigenvalue weighted by Crippen LogP contribution is 2.40. The van der Waals surface area contributed by atoms with Crippen molar-refractivity contribution in [2.45, 2.75) is 27.9 Å². The topological polar surface area (TPSA) is 215 Å². The monoisotopic (exact) mass is 503 g/mol. The van der Waals surface area contributed by atoms with E-state index in [4.69, 9.17) is 10.9 Å². The number of imidazole rings is 1. The van der Waals surface area contributed by atoms with Gasteiger partial charge in [0.05, 0.1) is 26.7 Å². The van der Waals surface area contributed by atoms with Crippen LogP contribution in [-0.2, 0) is 19.9 Å². The van der Waals surface area contributed by atoms with Gasteiger partial charge in [-0.2, -0.15) is 5.21 Å². The number of benzene rings is 2. The molecule has 178 valence electrons. The van der Waals surface area contributed by atoms with Crippen LogP contribution in [0.2, 0.25) is 0 Å². The molecule has 0 radical (unpaired) electrons. The average Bonchev–Trinajstić information content (AvgIpc) is 3.46. The number of piperidine rings is 1. The predicted octanol–water partition coefficient (Wildman–Crippen LogP) is 0.165. The Kier molecular flexibility index (Phi) is 5.35. The number of anilines is 1. The largest absolute Gasteiger partial charge is 0.369 e. The Labute approximate surface area is 194 Å². The van der Waals surface area contributed by atoms with Crippen LogP contribution < -0.4 is 16.2 Å². The zero-order valence-corrected chi connectivity index (χ0v) is 19.3. The Morgan fingerprint density at radius 1 is 1.03 bits per heavy atom. The number of hydrogen-bond acceptors (Lipinski definition) is 10. The second-order valence-electron chi connectivity index (χ2n) is 7.94. The summed E-state index contributed by atoms with van der Waals surface area (Å²) in [7, 11) is -8.58. The van der Waals surface area contributed by atoms with Crippen LogP contribution in [0, 0.1) is 0 Å². The van der Waals surface area contributed by atoms with E-state index in [-0.39, 0.29) is 22.2 Å². The Morgan fingerprint density at radius 3 is 2.47 bits per heavy atom. The number of nitrogens with zero attached hydrogens (tertiary/aromatic N) is 4. The molecule has 0 unspecified atom stereocenters. The second-order valence-corrected chi connectivity index (χ2v) is 11.6. The Morgan fingerprint density at radius 2 is 1.79 bits per heavy atom. The highest BCUT2D eigenvalue weighted by molar-refractivity contribution is 7.94. The number of rotatable bonds is 5. The van der Waals surface area contributed by atoms with Crippen molar-refractivity contribution in [1.29, 1.82) is 0 Å². The third-order valence-corrected chi connectivity index (χ3v) is 9.24. The van der Waals surface area contributed by atoms with Crippen molar-refractivity contribution >= 4 is 36.8 Å². The maximum absolute atomic E-state index is 13.6. The summed E-state index contributed by atoms with van der Waals surface area (Å²) in [5.41, 5.74) is 7.80. The number of aromatic nitrogens is 6. The summed E-state index contributed by atoms with van der Waals surface area (Å²) in [5.74, 6) is 0.116. The van der Waals surface area contributed by atoms with Crippen LogP contribution in [0.5, 0.6) is 0 Å². The van der Waals surface area contributed by atoms with E-state index in [0.29, 0.717) is 48.1 Å². The molecule has 3 heterocycles. The number of nitrogen functional groups attached to an aromatic ring is 1. The minimum Gasteiger partial charge on any atom is -0.369 e. The minimum absolute atomic E-state index is 0.0573. The molecule has 0 spiro atoms. The summed E-state index contributed by atoms with van der Waals surface area (Å²) in [6, 6.07) is 7.92. The number of nitrogens with one attached hydrogen (secondary N) is 3. The number of sulfone groups is 1.